The molecular weight excluding hydrogens is 318 g/mol. The Hall–Kier alpha value is -1.33. The highest BCUT2D eigenvalue weighted by Gasteiger charge is 2.06. The van der Waals surface area contributed by atoms with E-state index in [1.54, 1.807) is 7.11 Å². The number of anilines is 2. The molecule has 0 bridgehead atoms. The highest BCUT2D eigenvalue weighted by Crippen LogP contribution is 2.22. The highest BCUT2D eigenvalue weighted by molar-refractivity contribution is 9.10. The number of hydrogen-bond acceptors (Lipinski definition) is 3. The lowest BCUT2D eigenvalue weighted by atomic mass is 10.2. The first-order chi connectivity index (χ1) is 9.58. The van der Waals surface area contributed by atoms with Crippen LogP contribution in [0.1, 0.15) is 17.7 Å². The van der Waals surface area contributed by atoms with Gasteiger partial charge < -0.3 is 14.6 Å². The summed E-state index contributed by atoms with van der Waals surface area (Å²) in [6.07, 6.45) is 3.03. The SMILES string of the molecule is COCCCn1cc(C)nc1Nc1cc(C)cc(Br)c1. The number of ether oxygens (including phenoxy) is 1. The molecule has 108 valence electrons. The van der Waals surface area contributed by atoms with E-state index in [1.807, 2.05) is 6.92 Å². The van der Waals surface area contributed by atoms with Crippen LogP contribution < -0.4 is 5.32 Å². The molecule has 4 nitrogen and oxygen atoms in total. The van der Waals surface area contributed by atoms with Gasteiger partial charge in [0.05, 0.1) is 5.69 Å². The molecule has 0 radical (unpaired) electrons. The number of aromatic nitrogens is 2. The summed E-state index contributed by atoms with van der Waals surface area (Å²) in [4.78, 5) is 4.54. The van der Waals surface area contributed by atoms with Crippen molar-refractivity contribution in [3.63, 3.8) is 0 Å². The van der Waals surface area contributed by atoms with Crippen molar-refractivity contribution < 1.29 is 4.74 Å². The standard InChI is InChI=1S/C15H20BrN3O/c1-11-7-13(16)9-14(8-11)18-15-17-12(2)10-19(15)5-4-6-20-3/h7-10H,4-6H2,1-3H3,(H,17,18). The summed E-state index contributed by atoms with van der Waals surface area (Å²) < 4.78 is 8.29. The van der Waals surface area contributed by atoms with Crippen LogP contribution in [0.15, 0.2) is 28.9 Å². The number of nitrogens with zero attached hydrogens (tertiary/aromatic N) is 2. The van der Waals surface area contributed by atoms with Crippen LogP contribution >= 0.6 is 15.9 Å². The summed E-state index contributed by atoms with van der Waals surface area (Å²) in [6.45, 7) is 5.73. The summed E-state index contributed by atoms with van der Waals surface area (Å²) in [5.74, 6) is 0.871. The van der Waals surface area contributed by atoms with Crippen molar-refractivity contribution in [1.82, 2.24) is 9.55 Å². The summed E-state index contributed by atoms with van der Waals surface area (Å²) in [6, 6.07) is 6.24. The number of benzene rings is 1. The van der Waals surface area contributed by atoms with E-state index in [-0.39, 0.29) is 0 Å². The second-order valence-corrected chi connectivity index (χ2v) is 5.80. The van der Waals surface area contributed by atoms with Gasteiger partial charge in [0.25, 0.3) is 0 Å². The van der Waals surface area contributed by atoms with Crippen LogP contribution in [0.25, 0.3) is 0 Å². The molecular formula is C15H20BrN3O. The van der Waals surface area contributed by atoms with Gasteiger partial charge in [0, 0.05) is 36.6 Å². The number of halogens is 1. The predicted octanol–water partition coefficient (Wildman–Crippen LogP) is 4.04. The molecule has 0 aliphatic rings. The molecule has 0 unspecified atom stereocenters. The monoisotopic (exact) mass is 337 g/mol. The minimum absolute atomic E-state index is 0.757. The lowest BCUT2D eigenvalue weighted by molar-refractivity contribution is 0.190. The van der Waals surface area contributed by atoms with Crippen molar-refractivity contribution in [3.8, 4) is 0 Å². The Morgan fingerprint density at radius 1 is 1.30 bits per heavy atom. The second-order valence-electron chi connectivity index (χ2n) is 4.89. The second kappa shape index (κ2) is 6.90. The molecule has 1 aromatic heterocycles. The van der Waals surface area contributed by atoms with Crippen LogP contribution in [0.5, 0.6) is 0 Å². The molecule has 20 heavy (non-hydrogen) atoms. The first-order valence-electron chi connectivity index (χ1n) is 6.65. The van der Waals surface area contributed by atoms with Crippen molar-refractivity contribution in [1.29, 1.82) is 0 Å². The lowest BCUT2D eigenvalue weighted by Gasteiger charge is -2.10. The quantitative estimate of drug-likeness (QED) is 0.808. The first-order valence-corrected chi connectivity index (χ1v) is 7.44. The van der Waals surface area contributed by atoms with E-state index in [2.05, 4.69) is 62.1 Å². The van der Waals surface area contributed by atoms with Crippen molar-refractivity contribution >= 4 is 27.6 Å². The maximum Gasteiger partial charge on any atom is 0.207 e. The Bertz CT molecular complexity index is 560. The Kier molecular flexibility index (Phi) is 5.20. The summed E-state index contributed by atoms with van der Waals surface area (Å²) in [5.41, 5.74) is 3.25. The van der Waals surface area contributed by atoms with Crippen LogP contribution in [-0.4, -0.2) is 23.3 Å². The van der Waals surface area contributed by atoms with Gasteiger partial charge in [-0.05, 0) is 44.0 Å². The summed E-state index contributed by atoms with van der Waals surface area (Å²) in [7, 11) is 1.72. The molecule has 2 aromatic rings. The van der Waals surface area contributed by atoms with Crippen LogP contribution in [0.2, 0.25) is 0 Å². The molecule has 0 aliphatic carbocycles. The minimum Gasteiger partial charge on any atom is -0.385 e. The molecule has 1 heterocycles. The maximum absolute atomic E-state index is 5.10. The first kappa shape index (κ1) is 15.1. The largest absolute Gasteiger partial charge is 0.385 e. The van der Waals surface area contributed by atoms with Gasteiger partial charge in [0.15, 0.2) is 0 Å². The molecule has 1 aromatic carbocycles. The molecule has 2 rings (SSSR count). The number of methoxy groups -OCH3 is 1. The zero-order chi connectivity index (χ0) is 14.5. The zero-order valence-electron chi connectivity index (χ0n) is 12.1. The lowest BCUT2D eigenvalue weighted by Crippen LogP contribution is -2.05. The maximum atomic E-state index is 5.10. The Balaban J connectivity index is 2.15. The molecule has 0 aliphatic heterocycles. The molecule has 0 saturated heterocycles. The van der Waals surface area contributed by atoms with Crippen molar-refractivity contribution in [2.24, 2.45) is 0 Å². The van der Waals surface area contributed by atoms with Crippen LogP contribution in [0, 0.1) is 13.8 Å². The fourth-order valence-corrected chi connectivity index (χ4v) is 2.74. The van der Waals surface area contributed by atoms with Gasteiger partial charge in [-0.3, -0.25) is 0 Å². The highest BCUT2D eigenvalue weighted by atomic mass is 79.9. The molecule has 5 heteroatoms. The van der Waals surface area contributed by atoms with E-state index >= 15 is 0 Å². The molecule has 0 fully saturated rings. The van der Waals surface area contributed by atoms with Crippen molar-refractivity contribution in [2.75, 3.05) is 19.0 Å². The number of rotatable bonds is 6. The topological polar surface area (TPSA) is 39.1 Å². The fourth-order valence-electron chi connectivity index (χ4n) is 2.13. The van der Waals surface area contributed by atoms with Gasteiger partial charge in [0.1, 0.15) is 0 Å². The third-order valence-corrected chi connectivity index (χ3v) is 3.40. The van der Waals surface area contributed by atoms with Gasteiger partial charge in [-0.25, -0.2) is 4.98 Å². The van der Waals surface area contributed by atoms with E-state index < -0.39 is 0 Å². The summed E-state index contributed by atoms with van der Waals surface area (Å²) >= 11 is 3.52. The molecule has 0 atom stereocenters. The summed E-state index contributed by atoms with van der Waals surface area (Å²) in [5, 5.41) is 3.38. The third kappa shape index (κ3) is 4.08. The van der Waals surface area contributed by atoms with E-state index in [0.29, 0.717) is 0 Å². The predicted molar refractivity (Wildman–Crippen MR) is 85.6 cm³/mol. The Morgan fingerprint density at radius 3 is 2.80 bits per heavy atom. The van der Waals surface area contributed by atoms with Gasteiger partial charge >= 0.3 is 0 Å². The fraction of sp³-hybridized carbons (Fsp3) is 0.400. The number of hydrogen-bond donors (Lipinski definition) is 1. The van der Waals surface area contributed by atoms with E-state index in [1.165, 1.54) is 5.56 Å². The molecule has 0 saturated carbocycles. The molecule has 0 amide bonds. The average Bonchev–Trinajstić information content (AvgIpc) is 2.68. The Morgan fingerprint density at radius 2 is 2.10 bits per heavy atom. The van der Waals surface area contributed by atoms with E-state index in [0.717, 1.165) is 41.4 Å². The smallest absolute Gasteiger partial charge is 0.207 e. The average molecular weight is 338 g/mol. The van der Waals surface area contributed by atoms with E-state index in [9.17, 15) is 0 Å². The van der Waals surface area contributed by atoms with Crippen LogP contribution in [0.4, 0.5) is 11.6 Å². The zero-order valence-corrected chi connectivity index (χ0v) is 13.7. The number of aryl methyl sites for hydroxylation is 3. The van der Waals surface area contributed by atoms with Crippen molar-refractivity contribution in [3.05, 3.63) is 40.1 Å². The Labute approximate surface area is 128 Å². The van der Waals surface area contributed by atoms with Crippen LogP contribution in [0.3, 0.4) is 0 Å². The number of imidazole rings is 1. The minimum atomic E-state index is 0.757. The van der Waals surface area contributed by atoms with Gasteiger partial charge in [-0.2, -0.15) is 0 Å². The van der Waals surface area contributed by atoms with Gasteiger partial charge in [0.2, 0.25) is 5.95 Å². The van der Waals surface area contributed by atoms with Gasteiger partial charge in [-0.15, -0.1) is 0 Å². The molecule has 0 spiro atoms. The third-order valence-electron chi connectivity index (χ3n) is 2.94. The van der Waals surface area contributed by atoms with E-state index in [4.69, 9.17) is 4.74 Å². The normalized spacial score (nSPS) is 10.8. The van der Waals surface area contributed by atoms with Gasteiger partial charge in [-0.1, -0.05) is 15.9 Å². The number of nitrogens with one attached hydrogen (secondary N) is 1. The van der Waals surface area contributed by atoms with Crippen molar-refractivity contribution in [2.45, 2.75) is 26.8 Å². The molecule has 1 N–H and O–H groups in total. The van der Waals surface area contributed by atoms with Crippen LogP contribution in [-0.2, 0) is 11.3 Å².